The molecule has 0 saturated heterocycles. The molecule has 0 fully saturated rings. The minimum Gasteiger partial charge on any atom is -0.497 e. The van der Waals surface area contributed by atoms with Crippen molar-refractivity contribution in [2.45, 2.75) is 25.6 Å². The van der Waals surface area contributed by atoms with Crippen molar-refractivity contribution in [1.82, 2.24) is 0 Å². The third-order valence-electron chi connectivity index (χ3n) is 2.55. The molecule has 0 aliphatic rings. The Balaban J connectivity index is 2.94. The van der Waals surface area contributed by atoms with Crippen LogP contribution in [0.25, 0.3) is 0 Å². The molecule has 2 atom stereocenters. The maximum absolute atomic E-state index is 10.5. The second-order valence-electron chi connectivity index (χ2n) is 3.83. The van der Waals surface area contributed by atoms with Crippen LogP contribution in [0.3, 0.4) is 0 Å². The van der Waals surface area contributed by atoms with Gasteiger partial charge in [0.1, 0.15) is 11.9 Å². The highest BCUT2D eigenvalue weighted by Gasteiger charge is 2.22. The number of ether oxygens (including phenoxy) is 1. The van der Waals surface area contributed by atoms with Crippen LogP contribution in [-0.2, 0) is 4.79 Å². The van der Waals surface area contributed by atoms with Gasteiger partial charge in [-0.2, -0.15) is 0 Å². The minimum absolute atomic E-state index is 0.470. The first kappa shape index (κ1) is 13.5. The average molecular weight is 240 g/mol. The molecular formula is C12H16O5. The molecule has 0 spiro atoms. The highest BCUT2D eigenvalue weighted by atomic mass is 16.5. The maximum Gasteiger partial charge on any atom is 0.306 e. The van der Waals surface area contributed by atoms with Gasteiger partial charge in [0.25, 0.3) is 0 Å². The number of aliphatic hydroxyl groups excluding tert-OH is 2. The summed E-state index contributed by atoms with van der Waals surface area (Å²) in [4.78, 5) is 10.5. The second kappa shape index (κ2) is 5.65. The van der Waals surface area contributed by atoms with Gasteiger partial charge in [-0.15, -0.1) is 0 Å². The van der Waals surface area contributed by atoms with Crippen LogP contribution in [0.2, 0.25) is 0 Å². The number of aliphatic hydroxyl groups is 2. The summed E-state index contributed by atoms with van der Waals surface area (Å²) in [6.07, 6.45) is -3.07. The lowest BCUT2D eigenvalue weighted by atomic mass is 9.97. The topological polar surface area (TPSA) is 87.0 Å². The lowest BCUT2D eigenvalue weighted by Crippen LogP contribution is -2.22. The van der Waals surface area contributed by atoms with E-state index in [-0.39, 0.29) is 0 Å². The Bertz CT molecular complexity index is 402. The maximum atomic E-state index is 10.5. The SMILES string of the molecule is COc1ccc(C)c(C(O)C(O)CC(=O)O)c1. The first-order valence-corrected chi connectivity index (χ1v) is 5.18. The van der Waals surface area contributed by atoms with Crippen LogP contribution in [-0.4, -0.2) is 34.5 Å². The molecule has 1 aromatic rings. The number of carboxylic acid groups (broad SMARTS) is 1. The van der Waals surface area contributed by atoms with Crippen molar-refractivity contribution in [3.05, 3.63) is 29.3 Å². The number of hydrogen-bond acceptors (Lipinski definition) is 4. The van der Waals surface area contributed by atoms with E-state index in [0.29, 0.717) is 11.3 Å². The van der Waals surface area contributed by atoms with Crippen LogP contribution in [0.5, 0.6) is 5.75 Å². The number of hydrogen-bond donors (Lipinski definition) is 3. The number of benzene rings is 1. The molecule has 0 amide bonds. The first-order chi connectivity index (χ1) is 7.95. The Hall–Kier alpha value is -1.59. The van der Waals surface area contributed by atoms with Gasteiger partial charge in [-0.25, -0.2) is 0 Å². The summed E-state index contributed by atoms with van der Waals surface area (Å²) in [5.74, 6) is -0.607. The molecule has 0 heterocycles. The molecule has 94 valence electrons. The Kier molecular flexibility index (Phi) is 4.48. The predicted octanol–water partition coefficient (Wildman–Crippen LogP) is 0.873. The zero-order valence-corrected chi connectivity index (χ0v) is 9.75. The summed E-state index contributed by atoms with van der Waals surface area (Å²) in [5, 5.41) is 28.0. The second-order valence-corrected chi connectivity index (χ2v) is 3.83. The van der Waals surface area contributed by atoms with E-state index >= 15 is 0 Å². The number of carboxylic acids is 1. The zero-order chi connectivity index (χ0) is 13.0. The molecule has 2 unspecified atom stereocenters. The van der Waals surface area contributed by atoms with E-state index in [1.54, 1.807) is 25.1 Å². The van der Waals surface area contributed by atoms with Gasteiger partial charge in [-0.1, -0.05) is 6.07 Å². The Morgan fingerprint density at radius 2 is 2.06 bits per heavy atom. The van der Waals surface area contributed by atoms with Gasteiger partial charge < -0.3 is 20.1 Å². The van der Waals surface area contributed by atoms with E-state index in [9.17, 15) is 15.0 Å². The number of rotatable bonds is 5. The summed E-state index contributed by atoms with van der Waals surface area (Å²) >= 11 is 0. The quantitative estimate of drug-likeness (QED) is 0.711. The van der Waals surface area contributed by atoms with E-state index in [0.717, 1.165) is 5.56 Å². The molecule has 0 aliphatic carbocycles. The number of methoxy groups -OCH3 is 1. The normalized spacial score (nSPS) is 14.1. The van der Waals surface area contributed by atoms with Crippen LogP contribution >= 0.6 is 0 Å². The van der Waals surface area contributed by atoms with Crippen molar-refractivity contribution < 1.29 is 24.9 Å². The molecule has 5 heteroatoms. The Labute approximate surface area is 99.3 Å². The van der Waals surface area contributed by atoms with Crippen LogP contribution in [0.1, 0.15) is 23.7 Å². The van der Waals surface area contributed by atoms with E-state index in [1.165, 1.54) is 7.11 Å². The van der Waals surface area contributed by atoms with Gasteiger partial charge in [0, 0.05) is 0 Å². The van der Waals surface area contributed by atoms with Crippen molar-refractivity contribution in [2.24, 2.45) is 0 Å². The molecule has 1 aromatic carbocycles. The van der Waals surface area contributed by atoms with E-state index in [1.807, 2.05) is 0 Å². The Morgan fingerprint density at radius 3 is 2.59 bits per heavy atom. The number of carbonyl (C=O) groups is 1. The van der Waals surface area contributed by atoms with Gasteiger partial charge in [-0.05, 0) is 30.2 Å². The molecule has 0 saturated carbocycles. The van der Waals surface area contributed by atoms with Crippen molar-refractivity contribution in [1.29, 1.82) is 0 Å². The van der Waals surface area contributed by atoms with Gasteiger partial charge in [0.2, 0.25) is 0 Å². The molecule has 1 rings (SSSR count). The third-order valence-corrected chi connectivity index (χ3v) is 2.55. The lowest BCUT2D eigenvalue weighted by Gasteiger charge is -2.19. The fourth-order valence-electron chi connectivity index (χ4n) is 1.56. The van der Waals surface area contributed by atoms with Crippen LogP contribution in [0.4, 0.5) is 0 Å². The van der Waals surface area contributed by atoms with Crippen LogP contribution < -0.4 is 4.74 Å². The van der Waals surface area contributed by atoms with E-state index in [4.69, 9.17) is 9.84 Å². The fourth-order valence-corrected chi connectivity index (χ4v) is 1.56. The highest BCUT2D eigenvalue weighted by Crippen LogP contribution is 2.26. The summed E-state index contributed by atoms with van der Waals surface area (Å²) in [7, 11) is 1.49. The van der Waals surface area contributed by atoms with Crippen molar-refractivity contribution in [2.75, 3.05) is 7.11 Å². The van der Waals surface area contributed by atoms with Crippen molar-refractivity contribution >= 4 is 5.97 Å². The Morgan fingerprint density at radius 1 is 1.41 bits per heavy atom. The summed E-state index contributed by atoms with van der Waals surface area (Å²) in [6, 6.07) is 5.06. The smallest absolute Gasteiger partial charge is 0.306 e. The van der Waals surface area contributed by atoms with Crippen molar-refractivity contribution in [3.63, 3.8) is 0 Å². The standard InChI is InChI=1S/C12H16O5/c1-7-3-4-8(17-2)5-9(7)12(16)10(13)6-11(14)15/h3-5,10,12-13,16H,6H2,1-2H3,(H,14,15). The minimum atomic E-state index is -1.33. The molecule has 5 nitrogen and oxygen atoms in total. The average Bonchev–Trinajstić information content (AvgIpc) is 2.28. The van der Waals surface area contributed by atoms with E-state index in [2.05, 4.69) is 0 Å². The van der Waals surface area contributed by atoms with Gasteiger partial charge in [-0.3, -0.25) is 4.79 Å². The number of aliphatic carboxylic acids is 1. The molecule has 0 radical (unpaired) electrons. The third kappa shape index (κ3) is 3.44. The van der Waals surface area contributed by atoms with Crippen molar-refractivity contribution in [3.8, 4) is 5.75 Å². The van der Waals surface area contributed by atoms with Crippen LogP contribution in [0, 0.1) is 6.92 Å². The predicted molar refractivity (Wildman–Crippen MR) is 61.0 cm³/mol. The zero-order valence-electron chi connectivity index (χ0n) is 9.75. The summed E-state index contributed by atoms with van der Waals surface area (Å²) in [6.45, 7) is 1.77. The molecule has 17 heavy (non-hydrogen) atoms. The lowest BCUT2D eigenvalue weighted by molar-refractivity contribution is -0.141. The number of aryl methyl sites for hydroxylation is 1. The summed E-state index contributed by atoms with van der Waals surface area (Å²) in [5.41, 5.74) is 1.24. The van der Waals surface area contributed by atoms with Gasteiger partial charge >= 0.3 is 5.97 Å². The fraction of sp³-hybridized carbons (Fsp3) is 0.417. The molecule has 0 aromatic heterocycles. The molecule has 0 aliphatic heterocycles. The first-order valence-electron chi connectivity index (χ1n) is 5.18. The van der Waals surface area contributed by atoms with E-state index < -0.39 is 24.6 Å². The molecule has 3 N–H and O–H groups in total. The monoisotopic (exact) mass is 240 g/mol. The largest absolute Gasteiger partial charge is 0.497 e. The highest BCUT2D eigenvalue weighted by molar-refractivity contribution is 5.67. The van der Waals surface area contributed by atoms with Gasteiger partial charge in [0.05, 0.1) is 19.6 Å². The summed E-state index contributed by atoms with van der Waals surface area (Å²) < 4.78 is 5.01. The molecule has 0 bridgehead atoms. The van der Waals surface area contributed by atoms with Crippen LogP contribution in [0.15, 0.2) is 18.2 Å². The van der Waals surface area contributed by atoms with Gasteiger partial charge in [0.15, 0.2) is 0 Å². The molecular weight excluding hydrogens is 224 g/mol.